The van der Waals surface area contributed by atoms with Gasteiger partial charge in [0, 0.05) is 30.1 Å². The number of thiophene rings is 1. The van der Waals surface area contributed by atoms with Crippen molar-refractivity contribution in [3.8, 4) is 0 Å². The average Bonchev–Trinajstić information content (AvgIpc) is 3.06. The fourth-order valence-corrected chi connectivity index (χ4v) is 2.90. The summed E-state index contributed by atoms with van der Waals surface area (Å²) in [6.07, 6.45) is 4.08. The zero-order valence-corrected chi connectivity index (χ0v) is 11.3. The van der Waals surface area contributed by atoms with Crippen molar-refractivity contribution in [1.29, 1.82) is 0 Å². The van der Waals surface area contributed by atoms with E-state index in [1.807, 2.05) is 0 Å². The normalized spacial score (nSPS) is 10.8. The third kappa shape index (κ3) is 2.70. The Morgan fingerprint density at radius 1 is 1.40 bits per heavy atom. The molecule has 0 bridgehead atoms. The van der Waals surface area contributed by atoms with Crippen LogP contribution in [0.3, 0.4) is 0 Å². The van der Waals surface area contributed by atoms with Gasteiger partial charge in [-0.05, 0) is 29.7 Å². The number of halogens is 1. The van der Waals surface area contributed by atoms with Gasteiger partial charge in [-0.25, -0.2) is 9.37 Å². The number of nitrogens with zero attached hydrogens (tertiary/aromatic N) is 1. The van der Waals surface area contributed by atoms with Crippen molar-refractivity contribution >= 4 is 27.3 Å². The number of carbonyl (C=O) groups excluding carboxylic acids is 1. The first kappa shape index (κ1) is 12.8. The number of carbonyl (C=O) groups is 1. The second-order valence-corrected chi connectivity index (χ2v) is 5.42. The fourth-order valence-electron chi connectivity index (χ4n) is 1.94. The van der Waals surface area contributed by atoms with Gasteiger partial charge in [-0.1, -0.05) is 0 Å². The zero-order valence-electron chi connectivity index (χ0n) is 10.5. The van der Waals surface area contributed by atoms with Crippen LogP contribution >= 0.6 is 11.3 Å². The zero-order chi connectivity index (χ0) is 13.9. The molecule has 6 heteroatoms. The first-order valence-corrected chi connectivity index (χ1v) is 6.99. The molecule has 2 heterocycles. The van der Waals surface area contributed by atoms with Gasteiger partial charge in [-0.2, -0.15) is 0 Å². The summed E-state index contributed by atoms with van der Waals surface area (Å²) in [5.41, 5.74) is 0. The monoisotopic (exact) mass is 289 g/mol. The van der Waals surface area contributed by atoms with Gasteiger partial charge < -0.3 is 10.3 Å². The molecule has 0 aliphatic heterocycles. The second kappa shape index (κ2) is 5.42. The number of benzene rings is 1. The minimum atomic E-state index is -0.292. The van der Waals surface area contributed by atoms with E-state index in [4.69, 9.17) is 0 Å². The van der Waals surface area contributed by atoms with Crippen LogP contribution in [0.4, 0.5) is 4.39 Å². The molecular weight excluding hydrogens is 277 g/mol. The number of hydrogen-bond donors (Lipinski definition) is 2. The lowest BCUT2D eigenvalue weighted by Gasteiger charge is -2.01. The summed E-state index contributed by atoms with van der Waals surface area (Å²) in [4.78, 5) is 19.7. The lowest BCUT2D eigenvalue weighted by atomic mass is 10.2. The molecule has 0 spiro atoms. The Morgan fingerprint density at radius 2 is 2.30 bits per heavy atom. The lowest BCUT2D eigenvalue weighted by molar-refractivity contribution is 0.0958. The lowest BCUT2D eigenvalue weighted by Crippen LogP contribution is -2.25. The summed E-state index contributed by atoms with van der Waals surface area (Å²) in [5, 5.41) is 3.59. The van der Waals surface area contributed by atoms with Gasteiger partial charge in [-0.15, -0.1) is 11.3 Å². The number of nitrogens with one attached hydrogen (secondary N) is 2. The van der Waals surface area contributed by atoms with Crippen LogP contribution in [-0.4, -0.2) is 22.4 Å². The van der Waals surface area contributed by atoms with E-state index in [0.717, 1.165) is 15.9 Å². The number of fused-ring (bicyclic) bond motifs is 1. The van der Waals surface area contributed by atoms with Crippen LogP contribution in [0.15, 0.2) is 36.7 Å². The van der Waals surface area contributed by atoms with Gasteiger partial charge in [0.15, 0.2) is 0 Å². The molecular formula is C14H12FN3OS. The van der Waals surface area contributed by atoms with Crippen molar-refractivity contribution in [2.45, 2.75) is 6.42 Å². The Morgan fingerprint density at radius 3 is 3.10 bits per heavy atom. The van der Waals surface area contributed by atoms with Gasteiger partial charge in [0.1, 0.15) is 11.6 Å². The van der Waals surface area contributed by atoms with E-state index in [1.54, 1.807) is 24.5 Å². The second-order valence-electron chi connectivity index (χ2n) is 4.33. The molecule has 0 saturated heterocycles. The van der Waals surface area contributed by atoms with Crippen molar-refractivity contribution < 1.29 is 9.18 Å². The number of imidazole rings is 1. The van der Waals surface area contributed by atoms with Crippen LogP contribution < -0.4 is 5.32 Å². The largest absolute Gasteiger partial charge is 0.351 e. The smallest absolute Gasteiger partial charge is 0.261 e. The van der Waals surface area contributed by atoms with Crippen LogP contribution in [0.1, 0.15) is 15.5 Å². The maximum Gasteiger partial charge on any atom is 0.261 e. The minimum absolute atomic E-state index is 0.141. The molecule has 4 nitrogen and oxygen atoms in total. The summed E-state index contributed by atoms with van der Waals surface area (Å²) in [7, 11) is 0. The Labute approximate surface area is 118 Å². The third-order valence-electron chi connectivity index (χ3n) is 2.90. The highest BCUT2D eigenvalue weighted by Crippen LogP contribution is 2.26. The third-order valence-corrected chi connectivity index (χ3v) is 4.02. The Hall–Kier alpha value is -2.21. The van der Waals surface area contributed by atoms with Gasteiger partial charge in [0.2, 0.25) is 0 Å². The summed E-state index contributed by atoms with van der Waals surface area (Å²) in [6.45, 7) is 0.509. The highest BCUT2D eigenvalue weighted by Gasteiger charge is 2.10. The van der Waals surface area contributed by atoms with Gasteiger partial charge in [0.25, 0.3) is 5.91 Å². The van der Waals surface area contributed by atoms with Gasteiger partial charge in [-0.3, -0.25) is 4.79 Å². The molecule has 1 aromatic carbocycles. The number of hydrogen-bond acceptors (Lipinski definition) is 3. The summed E-state index contributed by atoms with van der Waals surface area (Å²) < 4.78 is 14.0. The summed E-state index contributed by atoms with van der Waals surface area (Å²) in [6, 6.07) is 6.24. The Kier molecular flexibility index (Phi) is 3.47. The highest BCUT2D eigenvalue weighted by molar-refractivity contribution is 7.20. The molecule has 102 valence electrons. The van der Waals surface area contributed by atoms with E-state index < -0.39 is 0 Å². The number of aromatic nitrogens is 2. The van der Waals surface area contributed by atoms with Crippen molar-refractivity contribution in [3.05, 3.63) is 53.2 Å². The highest BCUT2D eigenvalue weighted by atomic mass is 32.1. The van der Waals surface area contributed by atoms with E-state index in [1.165, 1.54) is 23.5 Å². The SMILES string of the molecule is O=C(NCCc1ncc[nH]1)c1cc2cc(F)ccc2s1. The summed E-state index contributed by atoms with van der Waals surface area (Å²) in [5.74, 6) is 0.405. The molecule has 0 radical (unpaired) electrons. The van der Waals surface area contributed by atoms with Crippen molar-refractivity contribution in [2.75, 3.05) is 6.54 Å². The molecule has 2 N–H and O–H groups in total. The first-order chi connectivity index (χ1) is 9.72. The summed E-state index contributed by atoms with van der Waals surface area (Å²) >= 11 is 1.36. The molecule has 0 atom stereocenters. The molecule has 20 heavy (non-hydrogen) atoms. The van der Waals surface area contributed by atoms with Crippen LogP contribution in [0.25, 0.3) is 10.1 Å². The minimum Gasteiger partial charge on any atom is -0.351 e. The van der Waals surface area contributed by atoms with E-state index in [-0.39, 0.29) is 11.7 Å². The fraction of sp³-hybridized carbons (Fsp3) is 0.143. The molecule has 0 aliphatic rings. The number of amides is 1. The van der Waals surface area contributed by atoms with Crippen molar-refractivity contribution in [3.63, 3.8) is 0 Å². The van der Waals surface area contributed by atoms with Crippen LogP contribution in [0.5, 0.6) is 0 Å². The molecule has 3 rings (SSSR count). The van der Waals surface area contributed by atoms with Crippen LogP contribution in [-0.2, 0) is 6.42 Å². The van der Waals surface area contributed by atoms with Crippen molar-refractivity contribution in [1.82, 2.24) is 15.3 Å². The van der Waals surface area contributed by atoms with Crippen LogP contribution in [0, 0.1) is 5.82 Å². The predicted molar refractivity (Wildman–Crippen MR) is 76.4 cm³/mol. The molecule has 0 saturated carbocycles. The van der Waals surface area contributed by atoms with E-state index in [2.05, 4.69) is 15.3 Å². The number of aromatic amines is 1. The van der Waals surface area contributed by atoms with E-state index in [0.29, 0.717) is 17.8 Å². The molecule has 0 unspecified atom stereocenters. The van der Waals surface area contributed by atoms with Gasteiger partial charge in [0.05, 0.1) is 4.88 Å². The quantitative estimate of drug-likeness (QED) is 0.776. The topological polar surface area (TPSA) is 57.8 Å². The molecule has 2 aromatic heterocycles. The number of rotatable bonds is 4. The van der Waals surface area contributed by atoms with E-state index in [9.17, 15) is 9.18 Å². The van der Waals surface area contributed by atoms with Crippen molar-refractivity contribution in [2.24, 2.45) is 0 Å². The molecule has 1 amide bonds. The maximum atomic E-state index is 13.1. The molecule has 0 fully saturated rings. The molecule has 0 aliphatic carbocycles. The predicted octanol–water partition coefficient (Wildman–Crippen LogP) is 2.74. The average molecular weight is 289 g/mol. The maximum absolute atomic E-state index is 13.1. The van der Waals surface area contributed by atoms with E-state index >= 15 is 0 Å². The Balaban J connectivity index is 1.66. The van der Waals surface area contributed by atoms with Crippen LogP contribution in [0.2, 0.25) is 0 Å². The standard InChI is InChI=1S/C14H12FN3OS/c15-10-1-2-11-9(7-10)8-12(20-11)14(19)18-4-3-13-16-5-6-17-13/h1-2,5-8H,3-4H2,(H,16,17)(H,18,19). The van der Waals surface area contributed by atoms with Gasteiger partial charge >= 0.3 is 0 Å². The molecule has 3 aromatic rings. The number of H-pyrrole nitrogens is 1. The first-order valence-electron chi connectivity index (χ1n) is 6.18. The Bertz CT molecular complexity index is 736.